The van der Waals surface area contributed by atoms with Gasteiger partial charge in [0, 0.05) is 7.05 Å². The van der Waals surface area contributed by atoms with Crippen molar-refractivity contribution >= 4 is 36.2 Å². The molecule has 0 fully saturated rings. The molecular weight excluding hydrogens is 160 g/mol. The van der Waals surface area contributed by atoms with Gasteiger partial charge < -0.3 is 24.0 Å². The lowest BCUT2D eigenvalue weighted by Gasteiger charge is -1.84. The molecule has 0 aliphatic heterocycles. The third-order valence-corrected chi connectivity index (χ3v) is 2.21. The smallest absolute Gasteiger partial charge is 0.0841 e. The van der Waals surface area contributed by atoms with Gasteiger partial charge in [-0.15, -0.1) is 0 Å². The molecule has 0 unspecified atom stereocenters. The summed E-state index contributed by atoms with van der Waals surface area (Å²) in [6.45, 7) is 0. The van der Waals surface area contributed by atoms with Gasteiger partial charge in [-0.1, -0.05) is 12.2 Å². The maximum atomic E-state index is 4.83. The molecule has 0 saturated heterocycles. The summed E-state index contributed by atoms with van der Waals surface area (Å²) in [6.07, 6.45) is 0. The minimum Gasteiger partial charge on any atom is -0.406 e. The molecule has 0 atom stereocenters. The van der Waals surface area contributed by atoms with Crippen molar-refractivity contribution in [1.82, 2.24) is 9.78 Å². The van der Waals surface area contributed by atoms with E-state index in [2.05, 4.69) is 5.10 Å². The standard InChI is InChI=1S/C3H4N2S3/c1-5-3(7)8-2(6)4-5/h1H3,(H,4,6)/p-1. The van der Waals surface area contributed by atoms with Crippen LogP contribution in [0.3, 0.4) is 0 Å². The van der Waals surface area contributed by atoms with Crippen LogP contribution in [0.15, 0.2) is 4.34 Å². The highest BCUT2D eigenvalue weighted by Gasteiger charge is 1.79. The number of hydrogen-bond donors (Lipinski definition) is 0. The van der Waals surface area contributed by atoms with Crippen LogP contribution in [0.25, 0.3) is 0 Å². The molecule has 0 saturated carbocycles. The second kappa shape index (κ2) is 2.08. The molecule has 8 heavy (non-hydrogen) atoms. The Labute approximate surface area is 61.6 Å². The molecule has 0 spiro atoms. The van der Waals surface area contributed by atoms with E-state index in [0.29, 0.717) is 4.34 Å². The first-order valence-electron chi connectivity index (χ1n) is 1.91. The lowest BCUT2D eigenvalue weighted by Crippen LogP contribution is -1.88. The van der Waals surface area contributed by atoms with Crippen molar-refractivity contribution in [3.8, 4) is 0 Å². The molecule has 0 aliphatic rings. The summed E-state index contributed by atoms with van der Waals surface area (Å²) in [7, 11) is 1.79. The zero-order valence-corrected chi connectivity index (χ0v) is 6.57. The molecular formula is C3H3N2S3-. The first kappa shape index (κ1) is 6.12. The maximum absolute atomic E-state index is 4.83. The number of nitrogens with zero attached hydrogens (tertiary/aromatic N) is 2. The Bertz CT molecular complexity index is 235. The summed E-state index contributed by atoms with van der Waals surface area (Å²) in [5.41, 5.74) is 0. The summed E-state index contributed by atoms with van der Waals surface area (Å²) in [6, 6.07) is 0. The summed E-state index contributed by atoms with van der Waals surface area (Å²) >= 11 is 10.9. The van der Waals surface area contributed by atoms with E-state index in [1.54, 1.807) is 11.7 Å². The summed E-state index contributed by atoms with van der Waals surface area (Å²) in [5.74, 6) is 0. The van der Waals surface area contributed by atoms with E-state index in [-0.39, 0.29) is 0 Å². The topological polar surface area (TPSA) is 17.8 Å². The average Bonchev–Trinajstić information content (AvgIpc) is 1.85. The Balaban J connectivity index is 3.35. The van der Waals surface area contributed by atoms with Gasteiger partial charge >= 0.3 is 0 Å². The third kappa shape index (κ3) is 1.04. The van der Waals surface area contributed by atoms with Crippen LogP contribution in [0.4, 0.5) is 0 Å². The molecule has 0 aliphatic carbocycles. The highest BCUT2D eigenvalue weighted by atomic mass is 32.2. The van der Waals surface area contributed by atoms with Gasteiger partial charge in [0.05, 0.1) is 3.95 Å². The van der Waals surface area contributed by atoms with Gasteiger partial charge in [-0.3, -0.25) is 4.68 Å². The largest absolute Gasteiger partial charge is 0.406 e. The second-order valence-electron chi connectivity index (χ2n) is 1.26. The zero-order chi connectivity index (χ0) is 6.15. The molecule has 1 rings (SSSR count). The van der Waals surface area contributed by atoms with Gasteiger partial charge in [0.2, 0.25) is 0 Å². The molecule has 2 nitrogen and oxygen atoms in total. The van der Waals surface area contributed by atoms with Crippen LogP contribution in [-0.4, -0.2) is 9.78 Å². The molecule has 0 N–H and O–H groups in total. The summed E-state index contributed by atoms with van der Waals surface area (Å²) < 4.78 is 2.94. The van der Waals surface area contributed by atoms with E-state index in [1.807, 2.05) is 0 Å². The van der Waals surface area contributed by atoms with Crippen molar-refractivity contribution in [3.05, 3.63) is 3.95 Å². The Morgan fingerprint density at radius 3 is 2.62 bits per heavy atom. The molecule has 1 heterocycles. The molecule has 0 amide bonds. The van der Waals surface area contributed by atoms with Crippen LogP contribution in [-0.2, 0) is 19.7 Å². The first-order chi connectivity index (χ1) is 3.70. The van der Waals surface area contributed by atoms with E-state index in [4.69, 9.17) is 24.8 Å². The number of aromatic nitrogens is 2. The van der Waals surface area contributed by atoms with Gasteiger partial charge in [-0.25, -0.2) is 0 Å². The molecule has 5 heteroatoms. The minimum absolute atomic E-state index is 0.609. The highest BCUT2D eigenvalue weighted by Crippen LogP contribution is 2.03. The Kier molecular flexibility index (Phi) is 1.59. The van der Waals surface area contributed by atoms with E-state index in [9.17, 15) is 0 Å². The van der Waals surface area contributed by atoms with Crippen molar-refractivity contribution in [2.45, 2.75) is 4.34 Å². The van der Waals surface area contributed by atoms with E-state index in [1.165, 1.54) is 11.3 Å². The second-order valence-corrected chi connectivity index (χ2v) is 3.53. The predicted octanol–water partition coefficient (Wildman–Crippen LogP) is 1.12. The Hall–Kier alpha value is -0.0000000000000000555. The number of hydrogen-bond acceptors (Lipinski definition) is 4. The third-order valence-electron chi connectivity index (χ3n) is 0.670. The number of rotatable bonds is 0. The van der Waals surface area contributed by atoms with E-state index < -0.39 is 0 Å². The highest BCUT2D eigenvalue weighted by molar-refractivity contribution is 7.74. The lowest BCUT2D eigenvalue weighted by atomic mass is 11.3. The van der Waals surface area contributed by atoms with Crippen LogP contribution in [0.1, 0.15) is 0 Å². The zero-order valence-electron chi connectivity index (χ0n) is 4.12. The van der Waals surface area contributed by atoms with Crippen LogP contribution in [0.2, 0.25) is 0 Å². The van der Waals surface area contributed by atoms with E-state index in [0.717, 1.165) is 3.95 Å². The van der Waals surface area contributed by atoms with Crippen LogP contribution in [0.5, 0.6) is 0 Å². The summed E-state index contributed by atoms with van der Waals surface area (Å²) in [4.78, 5) is 0. The fourth-order valence-corrected chi connectivity index (χ4v) is 1.61. The van der Waals surface area contributed by atoms with Crippen molar-refractivity contribution in [2.75, 3.05) is 0 Å². The molecule has 0 aromatic carbocycles. The lowest BCUT2D eigenvalue weighted by molar-refractivity contribution is 0.730. The van der Waals surface area contributed by atoms with Gasteiger partial charge in [-0.2, -0.15) is 5.10 Å². The SMILES string of the molecule is Cn1nc([S-])sc1=S. The molecule has 1 aromatic rings. The molecule has 1 aromatic heterocycles. The fourth-order valence-electron chi connectivity index (χ4n) is 0.324. The molecule has 0 radical (unpaired) electrons. The maximum Gasteiger partial charge on any atom is 0.0841 e. The monoisotopic (exact) mass is 163 g/mol. The van der Waals surface area contributed by atoms with Crippen LogP contribution in [0, 0.1) is 3.95 Å². The predicted molar refractivity (Wildman–Crippen MR) is 37.6 cm³/mol. The number of aryl methyl sites for hydroxylation is 1. The van der Waals surface area contributed by atoms with Gasteiger partial charge in [0.25, 0.3) is 0 Å². The van der Waals surface area contributed by atoms with Gasteiger partial charge in [-0.05, 0) is 4.34 Å². The molecule has 0 bridgehead atoms. The van der Waals surface area contributed by atoms with Gasteiger partial charge in [0.15, 0.2) is 0 Å². The van der Waals surface area contributed by atoms with Crippen molar-refractivity contribution < 1.29 is 0 Å². The fraction of sp³-hybridized carbons (Fsp3) is 0.333. The summed E-state index contributed by atoms with van der Waals surface area (Å²) in [5, 5.41) is 3.86. The van der Waals surface area contributed by atoms with Crippen molar-refractivity contribution in [2.24, 2.45) is 7.05 Å². The quantitative estimate of drug-likeness (QED) is 0.421. The van der Waals surface area contributed by atoms with Crippen molar-refractivity contribution in [1.29, 1.82) is 0 Å². The van der Waals surface area contributed by atoms with Gasteiger partial charge in [0.1, 0.15) is 0 Å². The van der Waals surface area contributed by atoms with Crippen LogP contribution < -0.4 is 0 Å². The first-order valence-corrected chi connectivity index (χ1v) is 3.54. The Morgan fingerprint density at radius 1 is 1.88 bits per heavy atom. The van der Waals surface area contributed by atoms with E-state index >= 15 is 0 Å². The molecule has 44 valence electrons. The van der Waals surface area contributed by atoms with Crippen molar-refractivity contribution in [3.63, 3.8) is 0 Å². The minimum atomic E-state index is 0.609. The Morgan fingerprint density at radius 2 is 2.50 bits per heavy atom. The van der Waals surface area contributed by atoms with Crippen LogP contribution >= 0.6 is 23.6 Å². The average molecular weight is 163 g/mol. The normalized spacial score (nSPS) is 9.62.